The molecule has 0 spiro atoms. The fourth-order valence-corrected chi connectivity index (χ4v) is 6.33. The van der Waals surface area contributed by atoms with E-state index in [9.17, 15) is 18.0 Å². The second-order valence-corrected chi connectivity index (χ2v) is 12.9. The Morgan fingerprint density at radius 1 is 0.867 bits per heavy atom. The van der Waals surface area contributed by atoms with Gasteiger partial charge < -0.3 is 24.4 Å². The highest BCUT2D eigenvalue weighted by Crippen LogP contribution is 2.37. The van der Waals surface area contributed by atoms with Crippen LogP contribution in [-0.2, 0) is 26.2 Å². The number of hydrogen-bond acceptors (Lipinski definition) is 7. The van der Waals surface area contributed by atoms with Crippen molar-refractivity contribution >= 4 is 39.1 Å². The van der Waals surface area contributed by atoms with E-state index in [2.05, 4.69) is 5.32 Å². The van der Waals surface area contributed by atoms with E-state index in [0.717, 1.165) is 15.4 Å². The van der Waals surface area contributed by atoms with E-state index >= 15 is 0 Å². The molecule has 0 aliphatic carbocycles. The Labute approximate surface area is 271 Å². The predicted molar refractivity (Wildman–Crippen MR) is 176 cm³/mol. The maximum absolute atomic E-state index is 14.4. The summed E-state index contributed by atoms with van der Waals surface area (Å²) in [6.07, 6.45) is 1.02. The summed E-state index contributed by atoms with van der Waals surface area (Å²) in [6, 6.07) is 15.3. The first-order chi connectivity index (χ1) is 21.4. The van der Waals surface area contributed by atoms with Crippen LogP contribution in [0, 0.1) is 6.92 Å². The number of ether oxygens (including phenoxy) is 3. The van der Waals surface area contributed by atoms with Gasteiger partial charge in [0.25, 0.3) is 10.0 Å². The highest BCUT2D eigenvalue weighted by Gasteiger charge is 2.35. The molecule has 0 bridgehead atoms. The van der Waals surface area contributed by atoms with Gasteiger partial charge in [-0.05, 0) is 62.6 Å². The van der Waals surface area contributed by atoms with Gasteiger partial charge in [0, 0.05) is 23.7 Å². The lowest BCUT2D eigenvalue weighted by Gasteiger charge is -2.34. The van der Waals surface area contributed by atoms with Crippen LogP contribution in [0.5, 0.6) is 17.2 Å². The van der Waals surface area contributed by atoms with Crippen LogP contribution in [0.3, 0.4) is 0 Å². The van der Waals surface area contributed by atoms with Gasteiger partial charge in [0.05, 0.1) is 31.9 Å². The van der Waals surface area contributed by atoms with Gasteiger partial charge in [-0.1, -0.05) is 55.3 Å². The zero-order valence-electron chi connectivity index (χ0n) is 26.8. The number of amides is 2. The number of aryl methyl sites for hydroxylation is 1. The molecular weight excluding hydrogens is 618 g/mol. The number of carbonyl (C=O) groups is 2. The zero-order valence-corrected chi connectivity index (χ0v) is 28.4. The summed E-state index contributed by atoms with van der Waals surface area (Å²) in [4.78, 5) is 29.1. The fraction of sp³-hybridized carbons (Fsp3) is 0.394. The van der Waals surface area contributed by atoms with Gasteiger partial charge >= 0.3 is 0 Å². The van der Waals surface area contributed by atoms with Crippen LogP contribution in [0.15, 0.2) is 65.6 Å². The molecule has 2 amide bonds. The zero-order chi connectivity index (χ0) is 33.3. The standard InChI is InChI=1S/C33H42ClN3O7S/c1-8-23(4)35-33(39)27(9-2)36(20-24-12-10-22(3)11-13-24)32(38)21-37(28-18-25(34)14-16-29(28)42-5)45(40,41)26-15-17-30(43-6)31(19-26)44-7/h10-19,23,27H,8-9,20-21H2,1-7H3,(H,35,39)/t23-,27-/m0/s1. The van der Waals surface area contributed by atoms with Gasteiger partial charge in [-0.25, -0.2) is 8.42 Å². The van der Waals surface area contributed by atoms with Gasteiger partial charge in [-0.2, -0.15) is 0 Å². The van der Waals surface area contributed by atoms with Crippen molar-refractivity contribution in [3.63, 3.8) is 0 Å². The Balaban J connectivity index is 2.17. The number of benzene rings is 3. The summed E-state index contributed by atoms with van der Waals surface area (Å²) in [5.41, 5.74) is 1.89. The Bertz CT molecular complexity index is 1580. The summed E-state index contributed by atoms with van der Waals surface area (Å²) in [6.45, 7) is 7.05. The number of hydrogen-bond donors (Lipinski definition) is 1. The van der Waals surface area contributed by atoms with E-state index in [-0.39, 0.29) is 45.6 Å². The molecule has 3 aromatic rings. The number of halogens is 1. The first kappa shape index (κ1) is 35.5. The van der Waals surface area contributed by atoms with Gasteiger partial charge in [-0.15, -0.1) is 0 Å². The SMILES string of the molecule is CC[C@H](C)NC(=O)[C@H](CC)N(Cc1ccc(C)cc1)C(=O)CN(c1cc(Cl)ccc1OC)S(=O)(=O)c1ccc(OC)c(OC)c1. The van der Waals surface area contributed by atoms with E-state index in [1.165, 1.54) is 56.6 Å². The molecular formula is C33H42ClN3O7S. The highest BCUT2D eigenvalue weighted by atomic mass is 35.5. The normalized spacial score (nSPS) is 12.5. The molecule has 45 heavy (non-hydrogen) atoms. The van der Waals surface area contributed by atoms with Crippen molar-refractivity contribution in [3.05, 3.63) is 76.8 Å². The molecule has 0 saturated heterocycles. The summed E-state index contributed by atoms with van der Waals surface area (Å²) in [7, 11) is -0.199. The summed E-state index contributed by atoms with van der Waals surface area (Å²) in [5.74, 6) is -0.198. The van der Waals surface area contributed by atoms with E-state index in [4.69, 9.17) is 25.8 Å². The molecule has 1 N–H and O–H groups in total. The molecule has 12 heteroatoms. The number of nitrogens with one attached hydrogen (secondary N) is 1. The molecule has 0 fully saturated rings. The van der Waals surface area contributed by atoms with Crippen molar-refractivity contribution in [2.24, 2.45) is 0 Å². The average molecular weight is 660 g/mol. The van der Waals surface area contributed by atoms with Crippen molar-refractivity contribution in [2.75, 3.05) is 32.2 Å². The van der Waals surface area contributed by atoms with Crippen LogP contribution >= 0.6 is 11.6 Å². The summed E-state index contributed by atoms with van der Waals surface area (Å²) in [5, 5.41) is 3.21. The second kappa shape index (κ2) is 15.9. The van der Waals surface area contributed by atoms with Gasteiger partial charge in [0.2, 0.25) is 11.8 Å². The number of nitrogens with zero attached hydrogens (tertiary/aromatic N) is 2. The Morgan fingerprint density at radius 3 is 2.07 bits per heavy atom. The fourth-order valence-electron chi connectivity index (χ4n) is 4.73. The number of sulfonamides is 1. The molecule has 0 aliphatic heterocycles. The first-order valence-corrected chi connectivity index (χ1v) is 16.5. The number of carbonyl (C=O) groups excluding carboxylic acids is 2. The van der Waals surface area contributed by atoms with Crippen LogP contribution in [-0.4, -0.2) is 65.1 Å². The van der Waals surface area contributed by atoms with Gasteiger partial charge in [0.1, 0.15) is 18.3 Å². The van der Waals surface area contributed by atoms with Crippen LogP contribution in [0.2, 0.25) is 5.02 Å². The van der Waals surface area contributed by atoms with Crippen molar-refractivity contribution in [3.8, 4) is 17.2 Å². The molecule has 3 rings (SSSR count). The minimum absolute atomic E-state index is 0.0560. The average Bonchev–Trinajstić information content (AvgIpc) is 3.03. The molecule has 244 valence electrons. The lowest BCUT2D eigenvalue weighted by atomic mass is 10.1. The molecule has 3 aromatic carbocycles. The Kier molecular flexibility index (Phi) is 12.5. The lowest BCUT2D eigenvalue weighted by Crippen LogP contribution is -2.53. The molecule has 0 radical (unpaired) electrons. The van der Waals surface area contributed by atoms with E-state index in [1.54, 1.807) is 6.07 Å². The van der Waals surface area contributed by atoms with Crippen LogP contribution in [0.4, 0.5) is 5.69 Å². The van der Waals surface area contributed by atoms with E-state index in [1.807, 2.05) is 52.0 Å². The molecule has 2 atom stereocenters. The highest BCUT2D eigenvalue weighted by molar-refractivity contribution is 7.92. The largest absolute Gasteiger partial charge is 0.495 e. The predicted octanol–water partition coefficient (Wildman–Crippen LogP) is 5.59. The molecule has 10 nitrogen and oxygen atoms in total. The van der Waals surface area contributed by atoms with Crippen LogP contribution in [0.25, 0.3) is 0 Å². The second-order valence-electron chi connectivity index (χ2n) is 10.6. The first-order valence-electron chi connectivity index (χ1n) is 14.6. The number of anilines is 1. The van der Waals surface area contributed by atoms with Crippen molar-refractivity contribution in [1.29, 1.82) is 0 Å². The van der Waals surface area contributed by atoms with Crippen molar-refractivity contribution in [2.45, 2.75) is 64.1 Å². The van der Waals surface area contributed by atoms with E-state index < -0.39 is 28.5 Å². The monoisotopic (exact) mass is 659 g/mol. The van der Waals surface area contributed by atoms with Crippen LogP contribution < -0.4 is 23.8 Å². The maximum atomic E-state index is 14.4. The number of rotatable bonds is 15. The molecule has 0 aliphatic rings. The topological polar surface area (TPSA) is 114 Å². The molecule has 0 saturated carbocycles. The van der Waals surface area contributed by atoms with E-state index in [0.29, 0.717) is 18.6 Å². The maximum Gasteiger partial charge on any atom is 0.265 e. The Morgan fingerprint density at radius 2 is 1.49 bits per heavy atom. The molecule has 0 aromatic heterocycles. The quantitative estimate of drug-likeness (QED) is 0.226. The smallest absolute Gasteiger partial charge is 0.265 e. The summed E-state index contributed by atoms with van der Waals surface area (Å²) >= 11 is 6.34. The third-order valence-electron chi connectivity index (χ3n) is 7.49. The van der Waals surface area contributed by atoms with Crippen molar-refractivity contribution in [1.82, 2.24) is 10.2 Å². The Hall–Kier alpha value is -3.96. The lowest BCUT2D eigenvalue weighted by molar-refractivity contribution is -0.140. The summed E-state index contributed by atoms with van der Waals surface area (Å²) < 4.78 is 45.8. The van der Waals surface area contributed by atoms with Crippen molar-refractivity contribution < 1.29 is 32.2 Å². The minimum Gasteiger partial charge on any atom is -0.495 e. The molecule has 0 unspecified atom stereocenters. The third-order valence-corrected chi connectivity index (χ3v) is 9.48. The number of methoxy groups -OCH3 is 3. The van der Waals surface area contributed by atoms with Crippen LogP contribution in [0.1, 0.15) is 44.7 Å². The molecule has 0 heterocycles. The third kappa shape index (κ3) is 8.61. The minimum atomic E-state index is -4.43. The van der Waals surface area contributed by atoms with Gasteiger partial charge in [0.15, 0.2) is 11.5 Å². The van der Waals surface area contributed by atoms with Gasteiger partial charge in [-0.3, -0.25) is 13.9 Å².